The van der Waals surface area contributed by atoms with Crippen LogP contribution in [0.25, 0.3) is 0 Å². The summed E-state index contributed by atoms with van der Waals surface area (Å²) in [5.74, 6) is 0. The number of hydrogen-bond donors (Lipinski definition) is 0. The molecule has 0 aromatic carbocycles. The average Bonchev–Trinajstić information content (AvgIpc) is 2.10. The smallest absolute Gasteiger partial charge is 0.123 e. The van der Waals surface area contributed by atoms with Crippen LogP contribution in [0, 0.1) is 0 Å². The highest BCUT2D eigenvalue weighted by Crippen LogP contribution is 2.13. The Morgan fingerprint density at radius 1 is 1.80 bits per heavy atom. The van der Waals surface area contributed by atoms with Crippen molar-refractivity contribution in [2.24, 2.45) is 4.99 Å². The summed E-state index contributed by atoms with van der Waals surface area (Å²) in [5.41, 5.74) is 2.33. The van der Waals surface area contributed by atoms with Gasteiger partial charge in [-0.25, -0.2) is 0 Å². The molecule has 0 saturated heterocycles. The second kappa shape index (κ2) is 2.54. The Balaban J connectivity index is 2.69. The molecule has 0 aromatic rings. The molecule has 0 radical (unpaired) electrons. The zero-order valence-corrected chi connectivity index (χ0v) is 6.89. The van der Waals surface area contributed by atoms with Gasteiger partial charge >= 0.3 is 0 Å². The van der Waals surface area contributed by atoms with Crippen LogP contribution in [0.4, 0.5) is 0 Å². The lowest BCUT2D eigenvalue weighted by molar-refractivity contribution is 0.342. The Labute approximate surface area is 62.3 Å². The topological polar surface area (TPSA) is 15.6 Å². The van der Waals surface area contributed by atoms with E-state index in [9.17, 15) is 0 Å². The maximum Gasteiger partial charge on any atom is 0.123 e. The Morgan fingerprint density at radius 2 is 2.40 bits per heavy atom. The molecule has 1 atom stereocenters. The van der Waals surface area contributed by atoms with Crippen molar-refractivity contribution in [1.29, 1.82) is 0 Å². The molecule has 2 nitrogen and oxygen atoms in total. The van der Waals surface area contributed by atoms with Gasteiger partial charge in [0.1, 0.15) is 6.17 Å². The first kappa shape index (κ1) is 7.48. The minimum atomic E-state index is 0.236. The molecule has 0 amide bonds. The van der Waals surface area contributed by atoms with Crippen molar-refractivity contribution in [2.45, 2.75) is 20.0 Å². The van der Waals surface area contributed by atoms with E-state index < -0.39 is 0 Å². The predicted octanol–water partition coefficient (Wildman–Crippen LogP) is 1.29. The third-order valence-corrected chi connectivity index (χ3v) is 1.68. The van der Waals surface area contributed by atoms with E-state index in [2.05, 4.69) is 30.4 Å². The average molecular weight is 138 g/mol. The highest BCUT2D eigenvalue weighted by atomic mass is 15.3. The zero-order valence-electron chi connectivity index (χ0n) is 6.89. The molecule has 0 fully saturated rings. The van der Waals surface area contributed by atoms with Crippen molar-refractivity contribution < 1.29 is 0 Å². The molecule has 0 saturated carbocycles. The van der Waals surface area contributed by atoms with Crippen LogP contribution < -0.4 is 0 Å². The van der Waals surface area contributed by atoms with E-state index in [-0.39, 0.29) is 6.17 Å². The van der Waals surface area contributed by atoms with E-state index in [1.54, 1.807) is 0 Å². The molecule has 0 spiro atoms. The van der Waals surface area contributed by atoms with Crippen molar-refractivity contribution in [1.82, 2.24) is 4.90 Å². The van der Waals surface area contributed by atoms with Crippen LogP contribution in [0.5, 0.6) is 0 Å². The first-order valence-corrected chi connectivity index (χ1v) is 3.50. The van der Waals surface area contributed by atoms with Gasteiger partial charge in [-0.05, 0) is 26.5 Å². The minimum absolute atomic E-state index is 0.236. The first-order chi connectivity index (χ1) is 4.61. The second-order valence-electron chi connectivity index (χ2n) is 3.00. The van der Waals surface area contributed by atoms with Crippen molar-refractivity contribution in [3.05, 3.63) is 12.2 Å². The number of likely N-dealkylation sites (N-methyl/N-ethyl adjacent to an activating group) is 1. The van der Waals surface area contributed by atoms with E-state index in [0.29, 0.717) is 0 Å². The summed E-state index contributed by atoms with van der Waals surface area (Å²) in [6, 6.07) is 0. The maximum absolute atomic E-state index is 4.41. The monoisotopic (exact) mass is 138 g/mol. The Hall–Kier alpha value is -0.630. The summed E-state index contributed by atoms with van der Waals surface area (Å²) in [4.78, 5) is 6.60. The van der Waals surface area contributed by atoms with Crippen molar-refractivity contribution in [3.8, 4) is 0 Å². The van der Waals surface area contributed by atoms with Gasteiger partial charge < -0.3 is 0 Å². The number of nitrogens with zero attached hydrogens (tertiary/aromatic N) is 2. The standard InChI is InChI=1S/C8H14N2/c1-6(2)8-9-7(3)5-10(8)4/h8H,1,5H2,2-4H3. The lowest BCUT2D eigenvalue weighted by Gasteiger charge is -2.16. The number of hydrogen-bond acceptors (Lipinski definition) is 2. The van der Waals surface area contributed by atoms with E-state index in [1.807, 2.05) is 6.92 Å². The Bertz CT molecular complexity index is 182. The fourth-order valence-corrected chi connectivity index (χ4v) is 1.28. The Morgan fingerprint density at radius 3 is 2.60 bits per heavy atom. The molecule has 0 aromatic heterocycles. The SMILES string of the molecule is C=C(C)C1N=C(C)CN1C. The van der Waals surface area contributed by atoms with Crippen LogP contribution in [-0.2, 0) is 0 Å². The lowest BCUT2D eigenvalue weighted by atomic mass is 10.3. The third kappa shape index (κ3) is 1.27. The van der Waals surface area contributed by atoms with E-state index in [1.165, 1.54) is 5.71 Å². The molecule has 1 rings (SSSR count). The number of rotatable bonds is 1. The van der Waals surface area contributed by atoms with Crippen LogP contribution >= 0.6 is 0 Å². The maximum atomic E-state index is 4.41. The Kier molecular flexibility index (Phi) is 1.90. The molecule has 2 heteroatoms. The second-order valence-corrected chi connectivity index (χ2v) is 3.00. The van der Waals surface area contributed by atoms with Crippen molar-refractivity contribution >= 4 is 5.71 Å². The van der Waals surface area contributed by atoms with Crippen LogP contribution in [0.2, 0.25) is 0 Å². The van der Waals surface area contributed by atoms with Gasteiger partial charge in [0.2, 0.25) is 0 Å². The highest BCUT2D eigenvalue weighted by molar-refractivity contribution is 5.85. The van der Waals surface area contributed by atoms with E-state index >= 15 is 0 Å². The fraction of sp³-hybridized carbons (Fsp3) is 0.625. The molecular formula is C8H14N2. The summed E-state index contributed by atoms with van der Waals surface area (Å²) in [6.07, 6.45) is 0.236. The molecule has 1 unspecified atom stereocenters. The van der Waals surface area contributed by atoms with Gasteiger partial charge in [0.15, 0.2) is 0 Å². The lowest BCUT2D eigenvalue weighted by Crippen LogP contribution is -2.26. The van der Waals surface area contributed by atoms with Gasteiger partial charge in [-0.2, -0.15) is 0 Å². The normalized spacial score (nSPS) is 26.7. The summed E-state index contributed by atoms with van der Waals surface area (Å²) < 4.78 is 0. The van der Waals surface area contributed by atoms with Gasteiger partial charge in [-0.15, -0.1) is 0 Å². The molecule has 10 heavy (non-hydrogen) atoms. The summed E-state index contributed by atoms with van der Waals surface area (Å²) in [5, 5.41) is 0. The molecule has 1 aliphatic rings. The van der Waals surface area contributed by atoms with Gasteiger partial charge in [0.25, 0.3) is 0 Å². The molecular weight excluding hydrogens is 124 g/mol. The fourth-order valence-electron chi connectivity index (χ4n) is 1.28. The molecule has 0 aliphatic carbocycles. The van der Waals surface area contributed by atoms with Crippen LogP contribution in [0.1, 0.15) is 13.8 Å². The highest BCUT2D eigenvalue weighted by Gasteiger charge is 2.20. The van der Waals surface area contributed by atoms with E-state index in [0.717, 1.165) is 12.1 Å². The quantitative estimate of drug-likeness (QED) is 0.499. The van der Waals surface area contributed by atoms with Gasteiger partial charge in [0, 0.05) is 12.3 Å². The predicted molar refractivity (Wildman–Crippen MR) is 44.3 cm³/mol. The molecule has 56 valence electrons. The summed E-state index contributed by atoms with van der Waals surface area (Å²) in [7, 11) is 2.07. The minimum Gasteiger partial charge on any atom is -0.276 e. The molecule has 1 heterocycles. The number of aliphatic imine (C=N–C) groups is 1. The van der Waals surface area contributed by atoms with Crippen LogP contribution in [0.15, 0.2) is 17.1 Å². The van der Waals surface area contributed by atoms with Crippen LogP contribution in [0.3, 0.4) is 0 Å². The molecule has 0 N–H and O–H groups in total. The van der Waals surface area contributed by atoms with Gasteiger partial charge in [-0.3, -0.25) is 9.89 Å². The van der Waals surface area contributed by atoms with Crippen molar-refractivity contribution in [2.75, 3.05) is 13.6 Å². The van der Waals surface area contributed by atoms with Gasteiger partial charge in [-0.1, -0.05) is 6.58 Å². The first-order valence-electron chi connectivity index (χ1n) is 3.50. The molecule has 0 bridgehead atoms. The largest absolute Gasteiger partial charge is 0.276 e. The molecule has 1 aliphatic heterocycles. The summed E-state index contributed by atoms with van der Waals surface area (Å²) >= 11 is 0. The third-order valence-electron chi connectivity index (χ3n) is 1.68. The van der Waals surface area contributed by atoms with Gasteiger partial charge in [0.05, 0.1) is 0 Å². The van der Waals surface area contributed by atoms with Crippen LogP contribution in [-0.4, -0.2) is 30.4 Å². The summed E-state index contributed by atoms with van der Waals surface area (Å²) in [6.45, 7) is 8.93. The van der Waals surface area contributed by atoms with E-state index in [4.69, 9.17) is 0 Å². The van der Waals surface area contributed by atoms with Crippen molar-refractivity contribution in [3.63, 3.8) is 0 Å². The zero-order chi connectivity index (χ0) is 7.72.